The van der Waals surface area contributed by atoms with Crippen LogP contribution in [0.2, 0.25) is 0 Å². The lowest BCUT2D eigenvalue weighted by atomic mass is 10.00. The Morgan fingerprint density at radius 2 is 1.84 bits per heavy atom. The molecular formula is C25H28N4O2S. The van der Waals surface area contributed by atoms with E-state index in [4.69, 9.17) is 9.72 Å². The zero-order valence-electron chi connectivity index (χ0n) is 18.8. The summed E-state index contributed by atoms with van der Waals surface area (Å²) in [5.74, 6) is 1.26. The minimum Gasteiger partial charge on any atom is -0.475 e. The molecule has 0 saturated heterocycles. The number of ether oxygens (including phenoxy) is 1. The Balaban J connectivity index is 1.75. The number of hydrogen-bond donors (Lipinski definition) is 2. The predicted molar refractivity (Wildman–Crippen MR) is 129 cm³/mol. The quantitative estimate of drug-likeness (QED) is 0.521. The van der Waals surface area contributed by atoms with Crippen LogP contribution in [-0.4, -0.2) is 28.5 Å². The second-order valence-electron chi connectivity index (χ2n) is 8.52. The summed E-state index contributed by atoms with van der Waals surface area (Å²) in [6.45, 7) is 8.76. The van der Waals surface area contributed by atoms with Gasteiger partial charge in [-0.05, 0) is 67.5 Å². The van der Waals surface area contributed by atoms with Crippen LogP contribution in [0.25, 0.3) is 11.3 Å². The van der Waals surface area contributed by atoms with Crippen LogP contribution in [0.5, 0.6) is 5.88 Å². The molecule has 1 aliphatic heterocycles. The molecule has 2 aromatic carbocycles. The van der Waals surface area contributed by atoms with Crippen LogP contribution in [0.3, 0.4) is 0 Å². The molecule has 1 aromatic heterocycles. The van der Waals surface area contributed by atoms with Crippen molar-refractivity contribution in [3.05, 3.63) is 65.2 Å². The van der Waals surface area contributed by atoms with Crippen LogP contribution >= 0.6 is 11.9 Å². The van der Waals surface area contributed by atoms with E-state index in [2.05, 4.69) is 54.9 Å². The number of fused-ring (bicyclic) bond motifs is 4. The monoisotopic (exact) mass is 448 g/mol. The van der Waals surface area contributed by atoms with Gasteiger partial charge in [-0.1, -0.05) is 38.1 Å². The molecule has 0 spiro atoms. The highest BCUT2D eigenvalue weighted by Gasteiger charge is 2.19. The topological polar surface area (TPSA) is 76.1 Å². The average molecular weight is 449 g/mol. The summed E-state index contributed by atoms with van der Waals surface area (Å²) >= 11 is 1.37. The standard InChI is InChI=1S/C25H28N4O2S/c1-15(2)11-19-14-31-22-13-21(23-16(3)7-5-8-17(23)4)27-25(28-22)29-32-20-10-6-9-18(12-20)24(30)26-19/h5-10,12-13,15,19H,11,14H2,1-4H3,(H,26,30)(H,27,28,29)/t19-/m1/s1. The number of aromatic nitrogens is 2. The largest absolute Gasteiger partial charge is 0.475 e. The molecule has 2 heterocycles. The second-order valence-corrected chi connectivity index (χ2v) is 9.40. The van der Waals surface area contributed by atoms with Gasteiger partial charge in [0.15, 0.2) is 0 Å². The lowest BCUT2D eigenvalue weighted by Crippen LogP contribution is -2.40. The molecule has 166 valence electrons. The van der Waals surface area contributed by atoms with Crippen LogP contribution in [0.4, 0.5) is 5.95 Å². The number of aryl methyl sites for hydroxylation is 2. The van der Waals surface area contributed by atoms with E-state index in [1.54, 1.807) is 0 Å². The van der Waals surface area contributed by atoms with Crippen LogP contribution in [0, 0.1) is 19.8 Å². The fraction of sp³-hybridized carbons (Fsp3) is 0.320. The average Bonchev–Trinajstić information content (AvgIpc) is 2.75. The number of nitrogens with one attached hydrogen (secondary N) is 2. The van der Waals surface area contributed by atoms with E-state index >= 15 is 0 Å². The molecule has 0 saturated carbocycles. The summed E-state index contributed by atoms with van der Waals surface area (Å²) in [5.41, 5.74) is 4.79. The van der Waals surface area contributed by atoms with Gasteiger partial charge in [-0.25, -0.2) is 4.98 Å². The Morgan fingerprint density at radius 1 is 1.09 bits per heavy atom. The van der Waals surface area contributed by atoms with E-state index in [9.17, 15) is 4.79 Å². The van der Waals surface area contributed by atoms with Crippen molar-refractivity contribution in [2.45, 2.75) is 45.1 Å². The van der Waals surface area contributed by atoms with Crippen molar-refractivity contribution >= 4 is 23.8 Å². The van der Waals surface area contributed by atoms with Crippen LogP contribution in [0.1, 0.15) is 41.8 Å². The third-order valence-corrected chi connectivity index (χ3v) is 6.09. The van der Waals surface area contributed by atoms with Gasteiger partial charge in [-0.15, -0.1) is 0 Å². The third kappa shape index (κ3) is 5.22. The van der Waals surface area contributed by atoms with Gasteiger partial charge in [-0.3, -0.25) is 9.52 Å². The lowest BCUT2D eigenvalue weighted by Gasteiger charge is -2.21. The van der Waals surface area contributed by atoms with Crippen LogP contribution in [0.15, 0.2) is 53.4 Å². The molecule has 0 fully saturated rings. The molecule has 0 radical (unpaired) electrons. The number of carbonyl (C=O) groups is 1. The maximum atomic E-state index is 12.8. The van der Waals surface area contributed by atoms with E-state index in [0.29, 0.717) is 29.9 Å². The summed E-state index contributed by atoms with van der Waals surface area (Å²) in [5, 5.41) is 3.13. The molecule has 32 heavy (non-hydrogen) atoms. The van der Waals surface area contributed by atoms with Gasteiger partial charge < -0.3 is 10.1 Å². The van der Waals surface area contributed by atoms with Gasteiger partial charge in [0.25, 0.3) is 5.91 Å². The molecule has 2 N–H and O–H groups in total. The van der Waals surface area contributed by atoms with Gasteiger partial charge in [0, 0.05) is 22.1 Å². The van der Waals surface area contributed by atoms with E-state index < -0.39 is 0 Å². The number of rotatable bonds is 3. The zero-order valence-corrected chi connectivity index (χ0v) is 19.6. The normalized spacial score (nSPS) is 16.2. The summed E-state index contributed by atoms with van der Waals surface area (Å²) in [7, 11) is 0. The van der Waals surface area contributed by atoms with Crippen molar-refractivity contribution in [1.82, 2.24) is 15.3 Å². The molecule has 0 aliphatic carbocycles. The molecule has 0 unspecified atom stereocenters. The minimum absolute atomic E-state index is 0.102. The Hall–Kier alpha value is -3.06. The van der Waals surface area contributed by atoms with E-state index in [0.717, 1.165) is 33.7 Å². The molecule has 1 amide bonds. The maximum Gasteiger partial charge on any atom is 0.251 e. The maximum absolute atomic E-state index is 12.8. The zero-order chi connectivity index (χ0) is 22.7. The van der Waals surface area contributed by atoms with Crippen molar-refractivity contribution < 1.29 is 9.53 Å². The van der Waals surface area contributed by atoms with Gasteiger partial charge in [-0.2, -0.15) is 4.98 Å². The number of carbonyl (C=O) groups excluding carboxylic acids is 1. The molecule has 3 aromatic rings. The lowest BCUT2D eigenvalue weighted by molar-refractivity contribution is 0.0913. The molecular weight excluding hydrogens is 420 g/mol. The van der Waals surface area contributed by atoms with Crippen molar-refractivity contribution in [3.63, 3.8) is 0 Å². The third-order valence-electron chi connectivity index (χ3n) is 5.32. The Bertz CT molecular complexity index is 1110. The van der Waals surface area contributed by atoms with Gasteiger partial charge in [0.05, 0.1) is 11.7 Å². The van der Waals surface area contributed by atoms with Gasteiger partial charge in [0.2, 0.25) is 11.8 Å². The SMILES string of the molecule is Cc1cccc(C)c1-c1cc2nc(n1)NSc1cccc(c1)C(=O)N[C@H](CC(C)C)CO2. The van der Waals surface area contributed by atoms with Crippen LogP contribution in [-0.2, 0) is 0 Å². The Labute approximate surface area is 193 Å². The van der Waals surface area contributed by atoms with Gasteiger partial charge >= 0.3 is 0 Å². The van der Waals surface area contributed by atoms with Crippen molar-refractivity contribution in [2.75, 3.05) is 11.3 Å². The van der Waals surface area contributed by atoms with E-state index in [-0.39, 0.29) is 11.9 Å². The smallest absolute Gasteiger partial charge is 0.251 e. The van der Waals surface area contributed by atoms with Gasteiger partial charge in [0.1, 0.15) is 6.61 Å². The molecule has 4 rings (SSSR count). The van der Waals surface area contributed by atoms with E-state index in [1.165, 1.54) is 11.9 Å². The first-order chi connectivity index (χ1) is 15.4. The number of hydrogen-bond acceptors (Lipinski definition) is 6. The summed E-state index contributed by atoms with van der Waals surface area (Å²) < 4.78 is 9.33. The fourth-order valence-corrected chi connectivity index (χ4v) is 4.52. The number of nitrogens with zero attached hydrogens (tertiary/aromatic N) is 2. The Morgan fingerprint density at radius 3 is 2.59 bits per heavy atom. The van der Waals surface area contributed by atoms with Crippen LogP contribution < -0.4 is 14.8 Å². The highest BCUT2D eigenvalue weighted by Crippen LogP contribution is 2.30. The first-order valence-electron chi connectivity index (χ1n) is 10.8. The molecule has 6 nitrogen and oxygen atoms in total. The van der Waals surface area contributed by atoms with E-state index in [1.807, 2.05) is 36.4 Å². The molecule has 1 atom stereocenters. The first-order valence-corrected chi connectivity index (χ1v) is 11.6. The molecule has 7 heteroatoms. The number of anilines is 1. The van der Waals surface area contributed by atoms with Crippen molar-refractivity contribution in [2.24, 2.45) is 5.92 Å². The molecule has 1 aliphatic rings. The fourth-order valence-electron chi connectivity index (χ4n) is 3.89. The highest BCUT2D eigenvalue weighted by molar-refractivity contribution is 8.00. The summed E-state index contributed by atoms with van der Waals surface area (Å²) in [6.07, 6.45) is 0.806. The predicted octanol–water partition coefficient (Wildman–Crippen LogP) is 5.42. The first kappa shape index (κ1) is 22.1. The highest BCUT2D eigenvalue weighted by atomic mass is 32.2. The number of benzene rings is 2. The van der Waals surface area contributed by atoms with Crippen molar-refractivity contribution in [1.29, 1.82) is 0 Å². The summed E-state index contributed by atoms with van der Waals surface area (Å²) in [6, 6.07) is 15.5. The Kier molecular flexibility index (Phi) is 6.65. The second kappa shape index (κ2) is 9.61. The molecule has 4 bridgehead atoms. The minimum atomic E-state index is -0.130. The number of amides is 1. The van der Waals surface area contributed by atoms with Crippen molar-refractivity contribution in [3.8, 4) is 17.1 Å². The summed E-state index contributed by atoms with van der Waals surface area (Å²) in [4.78, 5) is 23.1.